The Kier molecular flexibility index (Phi) is 1.87. The topological polar surface area (TPSA) is 53.1 Å². The molecule has 2 N–H and O–H groups in total. The lowest BCUT2D eigenvalue weighted by molar-refractivity contribution is 0.199. The van der Waals surface area contributed by atoms with Crippen LogP contribution in [0.5, 0.6) is 0 Å². The van der Waals surface area contributed by atoms with Crippen molar-refractivity contribution in [3.05, 3.63) is 34.2 Å². The molecular weight excluding hydrogens is 130 g/mol. The molecule has 3 nitrogen and oxygen atoms in total. The molecule has 1 aromatic rings. The molecule has 1 aromatic heterocycles. The molecule has 0 aromatic carbocycles. The Morgan fingerprint density at radius 3 is 2.70 bits per heavy atom. The molecule has 0 aliphatic rings. The SMILES string of the molecule is C[C@H](O)c1ccc(=O)[nH]c1. The van der Waals surface area contributed by atoms with Crippen LogP contribution in [-0.2, 0) is 0 Å². The van der Waals surface area contributed by atoms with Gasteiger partial charge in [0.2, 0.25) is 5.56 Å². The molecule has 0 unspecified atom stereocenters. The van der Waals surface area contributed by atoms with Crippen molar-refractivity contribution < 1.29 is 5.11 Å². The Labute approximate surface area is 58.3 Å². The van der Waals surface area contributed by atoms with Crippen LogP contribution < -0.4 is 5.56 Å². The van der Waals surface area contributed by atoms with Gasteiger partial charge in [-0.3, -0.25) is 4.79 Å². The van der Waals surface area contributed by atoms with E-state index >= 15 is 0 Å². The fraction of sp³-hybridized carbons (Fsp3) is 0.286. The fourth-order valence-electron chi connectivity index (χ4n) is 0.682. The Morgan fingerprint density at radius 1 is 1.60 bits per heavy atom. The van der Waals surface area contributed by atoms with Crippen molar-refractivity contribution in [1.29, 1.82) is 0 Å². The number of aliphatic hydroxyl groups is 1. The molecule has 1 rings (SSSR count). The maximum atomic E-state index is 10.5. The zero-order valence-electron chi connectivity index (χ0n) is 5.66. The van der Waals surface area contributed by atoms with Gasteiger partial charge in [-0.1, -0.05) is 0 Å². The molecule has 0 aliphatic heterocycles. The molecule has 10 heavy (non-hydrogen) atoms. The van der Waals surface area contributed by atoms with Crippen LogP contribution >= 0.6 is 0 Å². The van der Waals surface area contributed by atoms with Gasteiger partial charge in [0.1, 0.15) is 0 Å². The van der Waals surface area contributed by atoms with E-state index in [2.05, 4.69) is 4.98 Å². The molecule has 0 radical (unpaired) electrons. The van der Waals surface area contributed by atoms with Crippen molar-refractivity contribution in [2.75, 3.05) is 0 Å². The molecule has 1 atom stereocenters. The number of hydrogen-bond acceptors (Lipinski definition) is 2. The van der Waals surface area contributed by atoms with Gasteiger partial charge in [0.05, 0.1) is 6.10 Å². The molecular formula is C7H9NO2. The predicted octanol–water partition coefficient (Wildman–Crippen LogP) is 0.428. The van der Waals surface area contributed by atoms with Crippen molar-refractivity contribution in [2.45, 2.75) is 13.0 Å². The molecule has 0 aliphatic carbocycles. The summed E-state index contributed by atoms with van der Waals surface area (Å²) in [6.45, 7) is 1.65. The molecule has 3 heteroatoms. The minimum absolute atomic E-state index is 0.149. The van der Waals surface area contributed by atoms with E-state index in [1.165, 1.54) is 12.3 Å². The molecule has 0 amide bonds. The number of aromatic nitrogens is 1. The van der Waals surface area contributed by atoms with Crippen LogP contribution in [0.4, 0.5) is 0 Å². The highest BCUT2D eigenvalue weighted by Gasteiger charge is 1.97. The third kappa shape index (κ3) is 1.45. The lowest BCUT2D eigenvalue weighted by atomic mass is 10.2. The normalized spacial score (nSPS) is 13.0. The first-order valence-electron chi connectivity index (χ1n) is 3.07. The minimum Gasteiger partial charge on any atom is -0.389 e. The highest BCUT2D eigenvalue weighted by atomic mass is 16.3. The number of H-pyrrole nitrogens is 1. The van der Waals surface area contributed by atoms with Gasteiger partial charge in [0, 0.05) is 12.3 Å². The van der Waals surface area contributed by atoms with E-state index in [-0.39, 0.29) is 5.56 Å². The summed E-state index contributed by atoms with van der Waals surface area (Å²) in [5.41, 5.74) is 0.573. The van der Waals surface area contributed by atoms with Gasteiger partial charge in [0.15, 0.2) is 0 Å². The summed E-state index contributed by atoms with van der Waals surface area (Å²) in [5.74, 6) is 0. The van der Waals surface area contributed by atoms with Gasteiger partial charge >= 0.3 is 0 Å². The van der Waals surface area contributed by atoms with Crippen molar-refractivity contribution >= 4 is 0 Å². The molecule has 0 saturated carbocycles. The standard InChI is InChI=1S/C7H9NO2/c1-5(9)6-2-3-7(10)8-4-6/h2-5,9H,1H3,(H,8,10)/t5-/m0/s1. The van der Waals surface area contributed by atoms with Crippen LogP contribution in [0.15, 0.2) is 23.1 Å². The van der Waals surface area contributed by atoms with Gasteiger partial charge in [0.25, 0.3) is 0 Å². The molecule has 0 fully saturated rings. The van der Waals surface area contributed by atoms with Gasteiger partial charge < -0.3 is 10.1 Å². The van der Waals surface area contributed by atoms with Gasteiger partial charge in [-0.15, -0.1) is 0 Å². The summed E-state index contributed by atoms with van der Waals surface area (Å²) < 4.78 is 0. The third-order valence-corrected chi connectivity index (χ3v) is 1.29. The molecule has 0 bridgehead atoms. The molecule has 0 spiro atoms. The Bertz CT molecular complexity index is 244. The number of rotatable bonds is 1. The summed E-state index contributed by atoms with van der Waals surface area (Å²) in [7, 11) is 0. The number of hydrogen-bond donors (Lipinski definition) is 2. The van der Waals surface area contributed by atoms with E-state index in [1.54, 1.807) is 13.0 Å². The Hall–Kier alpha value is -1.09. The van der Waals surface area contributed by atoms with Crippen LogP contribution in [0.2, 0.25) is 0 Å². The number of pyridine rings is 1. The minimum atomic E-state index is -0.517. The van der Waals surface area contributed by atoms with Crippen molar-refractivity contribution in [3.63, 3.8) is 0 Å². The van der Waals surface area contributed by atoms with Crippen molar-refractivity contribution in [3.8, 4) is 0 Å². The molecule has 54 valence electrons. The quantitative estimate of drug-likeness (QED) is 0.592. The van der Waals surface area contributed by atoms with Crippen LogP contribution in [0.1, 0.15) is 18.6 Å². The van der Waals surface area contributed by atoms with E-state index in [0.717, 1.165) is 5.56 Å². The van der Waals surface area contributed by atoms with E-state index < -0.39 is 6.10 Å². The first kappa shape index (κ1) is 7.02. The molecule has 0 saturated heterocycles. The molecule has 1 heterocycles. The maximum absolute atomic E-state index is 10.5. The number of nitrogens with one attached hydrogen (secondary N) is 1. The average Bonchev–Trinajstić information content (AvgIpc) is 1.88. The zero-order chi connectivity index (χ0) is 7.56. The Morgan fingerprint density at radius 2 is 2.30 bits per heavy atom. The summed E-state index contributed by atoms with van der Waals surface area (Å²) in [4.78, 5) is 13.0. The van der Waals surface area contributed by atoms with Crippen molar-refractivity contribution in [1.82, 2.24) is 4.98 Å². The average molecular weight is 139 g/mol. The third-order valence-electron chi connectivity index (χ3n) is 1.29. The Balaban J connectivity index is 3.00. The first-order chi connectivity index (χ1) is 4.70. The van der Waals surface area contributed by atoms with E-state index in [4.69, 9.17) is 5.11 Å². The number of aliphatic hydroxyl groups excluding tert-OH is 1. The van der Waals surface area contributed by atoms with Gasteiger partial charge in [-0.25, -0.2) is 0 Å². The summed E-state index contributed by atoms with van der Waals surface area (Å²) in [6.07, 6.45) is 0.990. The summed E-state index contributed by atoms with van der Waals surface area (Å²) in [5, 5.41) is 8.99. The second-order valence-corrected chi connectivity index (χ2v) is 2.16. The van der Waals surface area contributed by atoms with Crippen LogP contribution in [0, 0.1) is 0 Å². The lowest BCUT2D eigenvalue weighted by Gasteiger charge is -2.00. The maximum Gasteiger partial charge on any atom is 0.247 e. The summed E-state index contributed by atoms with van der Waals surface area (Å²) in [6, 6.07) is 2.99. The van der Waals surface area contributed by atoms with Crippen LogP contribution in [-0.4, -0.2) is 10.1 Å². The van der Waals surface area contributed by atoms with Crippen LogP contribution in [0.25, 0.3) is 0 Å². The monoisotopic (exact) mass is 139 g/mol. The van der Waals surface area contributed by atoms with Gasteiger partial charge in [-0.05, 0) is 18.6 Å². The van der Waals surface area contributed by atoms with Gasteiger partial charge in [-0.2, -0.15) is 0 Å². The highest BCUT2D eigenvalue weighted by molar-refractivity contribution is 5.10. The predicted molar refractivity (Wildman–Crippen MR) is 37.7 cm³/mol. The van der Waals surface area contributed by atoms with Crippen molar-refractivity contribution in [2.24, 2.45) is 0 Å². The lowest BCUT2D eigenvalue weighted by Crippen LogP contribution is -2.04. The largest absolute Gasteiger partial charge is 0.389 e. The number of aromatic amines is 1. The second-order valence-electron chi connectivity index (χ2n) is 2.16. The fourth-order valence-corrected chi connectivity index (χ4v) is 0.682. The second kappa shape index (κ2) is 2.66. The van der Waals surface area contributed by atoms with Crippen LogP contribution in [0.3, 0.4) is 0 Å². The zero-order valence-corrected chi connectivity index (χ0v) is 5.66. The smallest absolute Gasteiger partial charge is 0.247 e. The van der Waals surface area contributed by atoms with E-state index in [0.29, 0.717) is 0 Å². The highest BCUT2D eigenvalue weighted by Crippen LogP contribution is 2.06. The summed E-state index contributed by atoms with van der Waals surface area (Å²) >= 11 is 0. The van der Waals surface area contributed by atoms with E-state index in [9.17, 15) is 4.79 Å². The first-order valence-corrected chi connectivity index (χ1v) is 3.07. The van der Waals surface area contributed by atoms with E-state index in [1.807, 2.05) is 0 Å².